The highest BCUT2D eigenvalue weighted by Crippen LogP contribution is 2.64. The topological polar surface area (TPSA) is 60.3 Å². The molecule has 2 bridgehead atoms. The number of benzene rings is 3. The third kappa shape index (κ3) is 3.82. The van der Waals surface area contributed by atoms with Crippen LogP contribution in [-0.4, -0.2) is 22.8 Å². The molecule has 1 amide bonds. The lowest BCUT2D eigenvalue weighted by atomic mass is 9.75. The van der Waals surface area contributed by atoms with E-state index in [1.165, 1.54) is 36.2 Å². The maximum Gasteiger partial charge on any atom is 0.308 e. The highest BCUT2D eigenvalue weighted by molar-refractivity contribution is 8.00. The molecule has 3 aliphatic rings. The average Bonchev–Trinajstić information content (AvgIpc) is 3.62. The predicted molar refractivity (Wildman–Crippen MR) is 150 cm³/mol. The van der Waals surface area contributed by atoms with Gasteiger partial charge >= 0.3 is 4.87 Å². The number of carbonyl (C=O) groups is 1. The van der Waals surface area contributed by atoms with Crippen LogP contribution in [0.25, 0.3) is 10.8 Å². The molecule has 2 heterocycles. The summed E-state index contributed by atoms with van der Waals surface area (Å²) in [5.41, 5.74) is 2.02. The van der Waals surface area contributed by atoms with Crippen molar-refractivity contribution < 1.29 is 9.53 Å². The van der Waals surface area contributed by atoms with Gasteiger partial charge in [0.25, 0.3) is 0 Å². The van der Waals surface area contributed by atoms with Crippen molar-refractivity contribution in [2.75, 3.05) is 12.4 Å². The second-order valence-electron chi connectivity index (χ2n) is 10.4. The standard InChI is InChI=1S/C30H28N2O3S2/c1-35-21-13-11-18(12-14-21)25-26-19-9-10-20(15-19)27(26)36-29-28(25)37-30(34)32(29)16-24(33)31-23-8-4-6-17-5-2-3-7-22(17)23/h2-8,11-14,19-20,25-27H,9-10,15-16H2,1H3,(H,31,33)/t19-,20-,25-,26-,27+/m0/s1. The number of hydrogen-bond donors (Lipinski definition) is 1. The summed E-state index contributed by atoms with van der Waals surface area (Å²) in [4.78, 5) is 27.7. The second kappa shape index (κ2) is 9.07. The summed E-state index contributed by atoms with van der Waals surface area (Å²) in [7, 11) is 1.69. The maximum absolute atomic E-state index is 13.4. The molecule has 1 aromatic heterocycles. The zero-order valence-electron chi connectivity index (χ0n) is 20.6. The smallest absolute Gasteiger partial charge is 0.308 e. The van der Waals surface area contributed by atoms with Crippen LogP contribution in [0.4, 0.5) is 5.69 Å². The minimum atomic E-state index is -0.171. The van der Waals surface area contributed by atoms with Gasteiger partial charge in [0.15, 0.2) is 0 Å². The number of ether oxygens (including phenoxy) is 1. The third-order valence-corrected chi connectivity index (χ3v) is 11.4. The first-order valence-electron chi connectivity index (χ1n) is 12.9. The Morgan fingerprint density at radius 1 is 1.03 bits per heavy atom. The first-order chi connectivity index (χ1) is 18.1. The Balaban J connectivity index is 1.24. The Hall–Kier alpha value is -3.03. The predicted octanol–water partition coefficient (Wildman–Crippen LogP) is 6.36. The summed E-state index contributed by atoms with van der Waals surface area (Å²) in [6.45, 7) is 0.0295. The summed E-state index contributed by atoms with van der Waals surface area (Å²) in [5, 5.41) is 6.64. The Morgan fingerprint density at radius 2 is 1.81 bits per heavy atom. The summed E-state index contributed by atoms with van der Waals surface area (Å²) in [6.07, 6.45) is 3.85. The van der Waals surface area contributed by atoms with E-state index in [0.29, 0.717) is 23.0 Å². The molecule has 5 atom stereocenters. The number of carbonyl (C=O) groups excluding carboxylic acids is 1. The fraction of sp³-hybridized carbons (Fsp3) is 0.333. The summed E-state index contributed by atoms with van der Waals surface area (Å²) in [5.74, 6) is 2.82. The van der Waals surface area contributed by atoms with Gasteiger partial charge < -0.3 is 10.1 Å². The van der Waals surface area contributed by atoms with Gasteiger partial charge in [0, 0.05) is 27.1 Å². The molecule has 0 radical (unpaired) electrons. The van der Waals surface area contributed by atoms with E-state index in [-0.39, 0.29) is 23.2 Å². The van der Waals surface area contributed by atoms with Gasteiger partial charge in [-0.15, -0.1) is 11.8 Å². The van der Waals surface area contributed by atoms with Crippen molar-refractivity contribution in [2.24, 2.45) is 17.8 Å². The van der Waals surface area contributed by atoms with Crippen LogP contribution in [0.15, 0.2) is 76.6 Å². The number of methoxy groups -OCH3 is 1. The first-order valence-corrected chi connectivity index (χ1v) is 14.6. The Labute approximate surface area is 223 Å². The molecule has 7 heteroatoms. The van der Waals surface area contributed by atoms with Crippen LogP contribution in [0.3, 0.4) is 0 Å². The van der Waals surface area contributed by atoms with Crippen LogP contribution in [0.1, 0.15) is 35.6 Å². The van der Waals surface area contributed by atoms with Crippen LogP contribution >= 0.6 is 23.1 Å². The van der Waals surface area contributed by atoms with E-state index < -0.39 is 0 Å². The number of hydrogen-bond acceptors (Lipinski definition) is 5. The molecule has 0 spiro atoms. The zero-order chi connectivity index (χ0) is 25.1. The lowest BCUT2D eigenvalue weighted by Crippen LogP contribution is -2.34. The van der Waals surface area contributed by atoms with E-state index in [4.69, 9.17) is 4.74 Å². The molecule has 1 aliphatic heterocycles. The Morgan fingerprint density at radius 3 is 2.65 bits per heavy atom. The minimum absolute atomic E-state index is 0.0295. The Bertz CT molecular complexity index is 1550. The molecule has 4 aromatic rings. The minimum Gasteiger partial charge on any atom is -0.497 e. The number of rotatable bonds is 5. The van der Waals surface area contributed by atoms with Crippen molar-refractivity contribution in [3.8, 4) is 5.75 Å². The van der Waals surface area contributed by atoms with Gasteiger partial charge in [-0.3, -0.25) is 14.2 Å². The average molecular weight is 529 g/mol. The number of anilines is 1. The number of aromatic nitrogens is 1. The van der Waals surface area contributed by atoms with Gasteiger partial charge in [-0.1, -0.05) is 59.9 Å². The van der Waals surface area contributed by atoms with Crippen molar-refractivity contribution in [3.63, 3.8) is 0 Å². The van der Waals surface area contributed by atoms with E-state index in [2.05, 4.69) is 17.4 Å². The number of nitrogens with zero attached hydrogens (tertiary/aromatic N) is 1. The zero-order valence-corrected chi connectivity index (χ0v) is 22.2. The number of amides is 1. The molecule has 0 unspecified atom stereocenters. The summed E-state index contributed by atoms with van der Waals surface area (Å²) >= 11 is 3.20. The summed E-state index contributed by atoms with van der Waals surface area (Å²) in [6, 6.07) is 22.3. The van der Waals surface area contributed by atoms with Gasteiger partial charge in [0.2, 0.25) is 5.91 Å². The van der Waals surface area contributed by atoms with Crippen molar-refractivity contribution >= 4 is 45.5 Å². The molecule has 2 aliphatic carbocycles. The largest absolute Gasteiger partial charge is 0.497 e. The number of nitrogens with one attached hydrogen (secondary N) is 1. The molecule has 3 aromatic carbocycles. The Kier molecular flexibility index (Phi) is 5.66. The van der Waals surface area contributed by atoms with E-state index in [0.717, 1.165) is 32.1 Å². The SMILES string of the molecule is COc1ccc([C@@H]2c3sc(=O)n(CC(=O)Nc4cccc5ccccc45)c3S[C@@H]3[C@H]4CC[C@@H](C4)[C@@H]23)cc1. The molecule has 5 nitrogen and oxygen atoms in total. The van der Waals surface area contributed by atoms with Crippen molar-refractivity contribution in [3.05, 3.63) is 86.8 Å². The highest BCUT2D eigenvalue weighted by Gasteiger charge is 2.55. The quantitative estimate of drug-likeness (QED) is 0.327. The van der Waals surface area contributed by atoms with Crippen molar-refractivity contribution in [1.82, 2.24) is 4.57 Å². The highest BCUT2D eigenvalue weighted by atomic mass is 32.2. The maximum atomic E-state index is 13.4. The van der Waals surface area contributed by atoms with E-state index >= 15 is 0 Å². The van der Waals surface area contributed by atoms with Crippen LogP contribution in [-0.2, 0) is 11.3 Å². The van der Waals surface area contributed by atoms with Gasteiger partial charge in [-0.05, 0) is 66.2 Å². The van der Waals surface area contributed by atoms with Crippen LogP contribution < -0.4 is 14.9 Å². The fourth-order valence-electron chi connectivity index (χ4n) is 6.94. The third-order valence-electron chi connectivity index (χ3n) is 8.53. The fourth-order valence-corrected chi connectivity index (χ4v) is 10.1. The number of thioether (sulfide) groups is 1. The molecule has 2 fully saturated rings. The van der Waals surface area contributed by atoms with Gasteiger partial charge in [0.1, 0.15) is 12.3 Å². The van der Waals surface area contributed by atoms with Crippen LogP contribution in [0, 0.1) is 17.8 Å². The number of fused-ring (bicyclic) bond motifs is 7. The molecule has 0 saturated heterocycles. The van der Waals surface area contributed by atoms with Crippen LogP contribution in [0.5, 0.6) is 5.75 Å². The molecule has 188 valence electrons. The molecular weight excluding hydrogens is 500 g/mol. The normalized spacial score (nSPS) is 25.6. The van der Waals surface area contributed by atoms with Crippen molar-refractivity contribution in [1.29, 1.82) is 0 Å². The monoisotopic (exact) mass is 528 g/mol. The molecule has 37 heavy (non-hydrogen) atoms. The van der Waals surface area contributed by atoms with Crippen LogP contribution in [0.2, 0.25) is 0 Å². The van der Waals surface area contributed by atoms with Gasteiger partial charge in [0.05, 0.1) is 12.1 Å². The van der Waals surface area contributed by atoms with Crippen molar-refractivity contribution in [2.45, 2.75) is 42.0 Å². The van der Waals surface area contributed by atoms with Gasteiger partial charge in [-0.25, -0.2) is 0 Å². The van der Waals surface area contributed by atoms with Gasteiger partial charge in [-0.2, -0.15) is 0 Å². The van der Waals surface area contributed by atoms with E-state index in [1.807, 2.05) is 66.4 Å². The number of thiazole rings is 1. The molecule has 2 saturated carbocycles. The van der Waals surface area contributed by atoms with E-state index in [1.54, 1.807) is 11.7 Å². The molecule has 1 N–H and O–H groups in total. The lowest BCUT2D eigenvalue weighted by Gasteiger charge is -2.40. The molecular formula is C30H28N2O3S2. The lowest BCUT2D eigenvalue weighted by molar-refractivity contribution is -0.116. The first kappa shape index (κ1) is 23.1. The van der Waals surface area contributed by atoms with E-state index in [9.17, 15) is 9.59 Å². The second-order valence-corrected chi connectivity index (χ2v) is 12.6. The molecule has 7 rings (SSSR count). The summed E-state index contributed by atoms with van der Waals surface area (Å²) < 4.78 is 7.13.